The summed E-state index contributed by atoms with van der Waals surface area (Å²) in [7, 11) is 7.76. The zero-order valence-corrected chi connectivity index (χ0v) is 7.13. The average Bonchev–Trinajstić information content (AvgIpc) is 1.81. The van der Waals surface area contributed by atoms with Crippen molar-refractivity contribution in [2.45, 2.75) is 6.04 Å². The van der Waals surface area contributed by atoms with Crippen molar-refractivity contribution in [2.24, 2.45) is 0 Å². The molecule has 0 rings (SSSR count). The van der Waals surface area contributed by atoms with E-state index in [1.165, 1.54) is 0 Å². The third kappa shape index (κ3) is 3.44. The molecule has 3 nitrogen and oxygen atoms in total. The Morgan fingerprint density at radius 1 is 1.30 bits per heavy atom. The first-order valence-electron chi connectivity index (χ1n) is 3.28. The number of nitrogens with zero attached hydrogens (tertiary/aromatic N) is 3. The van der Waals surface area contributed by atoms with Crippen molar-refractivity contribution in [2.75, 3.05) is 34.7 Å². The van der Waals surface area contributed by atoms with Crippen LogP contribution >= 0.6 is 0 Å². The molecule has 1 atom stereocenters. The van der Waals surface area contributed by atoms with Gasteiger partial charge in [0.25, 0.3) is 0 Å². The molecule has 0 radical (unpaired) electrons. The molecule has 0 N–H and O–H groups in total. The molecule has 0 aliphatic heterocycles. The van der Waals surface area contributed by atoms with Crippen LogP contribution in [0.15, 0.2) is 0 Å². The second-order valence-corrected chi connectivity index (χ2v) is 2.87. The molecule has 0 spiro atoms. The Hall–Kier alpha value is -0.590. The Balaban J connectivity index is 3.75. The highest BCUT2D eigenvalue weighted by molar-refractivity contribution is 4.90. The highest BCUT2D eigenvalue weighted by atomic mass is 15.2. The molecule has 10 heavy (non-hydrogen) atoms. The molecule has 0 amide bonds. The minimum absolute atomic E-state index is 0.00926. The molecule has 0 aromatic carbocycles. The second kappa shape index (κ2) is 4.26. The molecule has 0 saturated heterocycles. The maximum atomic E-state index is 8.63. The largest absolute Gasteiger partial charge is 0.307 e. The summed E-state index contributed by atoms with van der Waals surface area (Å²) in [4.78, 5) is 3.92. The Labute approximate surface area is 62.8 Å². The van der Waals surface area contributed by atoms with Gasteiger partial charge in [0.2, 0.25) is 0 Å². The highest BCUT2D eigenvalue weighted by Gasteiger charge is 2.09. The van der Waals surface area contributed by atoms with Crippen LogP contribution in [-0.4, -0.2) is 50.6 Å². The molecular weight excluding hydrogens is 126 g/mol. The maximum absolute atomic E-state index is 8.63. The van der Waals surface area contributed by atoms with Gasteiger partial charge in [0.1, 0.15) is 6.04 Å². The van der Waals surface area contributed by atoms with Gasteiger partial charge in [-0.25, -0.2) is 0 Å². The fraction of sp³-hybridized carbons (Fsp3) is 0.857. The Kier molecular flexibility index (Phi) is 4.01. The lowest BCUT2D eigenvalue weighted by molar-refractivity contribution is 0.272. The second-order valence-electron chi connectivity index (χ2n) is 2.87. The van der Waals surface area contributed by atoms with Crippen LogP contribution in [0.25, 0.3) is 0 Å². The molecule has 0 heterocycles. The van der Waals surface area contributed by atoms with Crippen LogP contribution in [0.3, 0.4) is 0 Å². The van der Waals surface area contributed by atoms with Gasteiger partial charge in [0.15, 0.2) is 0 Å². The molecule has 0 saturated carbocycles. The van der Waals surface area contributed by atoms with E-state index in [0.29, 0.717) is 0 Å². The third-order valence-corrected chi connectivity index (χ3v) is 1.31. The van der Waals surface area contributed by atoms with Crippen LogP contribution in [-0.2, 0) is 0 Å². The van der Waals surface area contributed by atoms with Gasteiger partial charge in [0, 0.05) is 6.54 Å². The fourth-order valence-electron chi connectivity index (χ4n) is 0.665. The molecule has 0 aliphatic rings. The summed E-state index contributed by atoms with van der Waals surface area (Å²) in [6.07, 6.45) is 0. The lowest BCUT2D eigenvalue weighted by atomic mass is 10.3. The van der Waals surface area contributed by atoms with Crippen molar-refractivity contribution >= 4 is 0 Å². The van der Waals surface area contributed by atoms with Crippen LogP contribution in [0.5, 0.6) is 0 Å². The topological polar surface area (TPSA) is 30.3 Å². The van der Waals surface area contributed by atoms with Gasteiger partial charge in [-0.2, -0.15) is 5.26 Å². The normalized spacial score (nSPS) is 13.7. The summed E-state index contributed by atoms with van der Waals surface area (Å²) in [6.45, 7) is 0.795. The summed E-state index contributed by atoms with van der Waals surface area (Å²) in [5.74, 6) is 0. The Bertz CT molecular complexity index is 123. The van der Waals surface area contributed by atoms with Crippen LogP contribution in [0.2, 0.25) is 0 Å². The van der Waals surface area contributed by atoms with Gasteiger partial charge in [-0.1, -0.05) is 0 Å². The van der Waals surface area contributed by atoms with Gasteiger partial charge in [-0.05, 0) is 28.2 Å². The van der Waals surface area contributed by atoms with Crippen molar-refractivity contribution in [3.8, 4) is 6.07 Å². The van der Waals surface area contributed by atoms with Crippen LogP contribution in [0, 0.1) is 11.3 Å². The molecule has 0 bridgehead atoms. The van der Waals surface area contributed by atoms with Gasteiger partial charge in [0.05, 0.1) is 6.07 Å². The van der Waals surface area contributed by atoms with E-state index in [9.17, 15) is 0 Å². The predicted octanol–water partition coefficient (Wildman–Crippen LogP) is 0.00178. The first kappa shape index (κ1) is 9.41. The van der Waals surface area contributed by atoms with E-state index < -0.39 is 0 Å². The summed E-state index contributed by atoms with van der Waals surface area (Å²) in [5.41, 5.74) is 0. The average molecular weight is 141 g/mol. The summed E-state index contributed by atoms with van der Waals surface area (Å²) < 4.78 is 0. The van der Waals surface area contributed by atoms with Crippen molar-refractivity contribution in [1.29, 1.82) is 5.26 Å². The molecule has 0 fully saturated rings. The van der Waals surface area contributed by atoms with Gasteiger partial charge in [-0.15, -0.1) is 0 Å². The molecule has 0 aromatic heterocycles. The summed E-state index contributed by atoms with van der Waals surface area (Å²) in [5, 5.41) is 8.63. The van der Waals surface area contributed by atoms with E-state index in [-0.39, 0.29) is 6.04 Å². The first-order valence-corrected chi connectivity index (χ1v) is 3.28. The molecule has 0 aromatic rings. The molecule has 0 unspecified atom stereocenters. The number of nitriles is 1. The highest BCUT2D eigenvalue weighted by Crippen LogP contribution is 1.91. The zero-order chi connectivity index (χ0) is 8.15. The molecule has 58 valence electrons. The van der Waals surface area contributed by atoms with Gasteiger partial charge >= 0.3 is 0 Å². The zero-order valence-electron chi connectivity index (χ0n) is 7.13. The SMILES string of the molecule is CN(C)C[C@@H](C#N)N(C)C. The van der Waals surface area contributed by atoms with Crippen molar-refractivity contribution < 1.29 is 0 Å². The minimum Gasteiger partial charge on any atom is -0.307 e. The number of likely N-dealkylation sites (N-methyl/N-ethyl adjacent to an activating group) is 2. The van der Waals surface area contributed by atoms with Gasteiger partial charge in [-0.3, -0.25) is 4.90 Å². The van der Waals surface area contributed by atoms with E-state index in [1.807, 2.05) is 38.0 Å². The molecular formula is C7H15N3. The van der Waals surface area contributed by atoms with Crippen molar-refractivity contribution in [3.05, 3.63) is 0 Å². The Morgan fingerprint density at radius 3 is 1.90 bits per heavy atom. The number of hydrogen-bond donors (Lipinski definition) is 0. The fourth-order valence-corrected chi connectivity index (χ4v) is 0.665. The standard InChI is InChI=1S/C7H15N3/c1-9(2)6-7(5-8)10(3)4/h7H,6H2,1-4H3/t7-/m1/s1. The summed E-state index contributed by atoms with van der Waals surface area (Å²) in [6, 6.07) is 2.23. The third-order valence-electron chi connectivity index (χ3n) is 1.31. The number of hydrogen-bond acceptors (Lipinski definition) is 3. The van der Waals surface area contributed by atoms with E-state index in [4.69, 9.17) is 5.26 Å². The molecule has 0 aliphatic carbocycles. The number of rotatable bonds is 3. The van der Waals surface area contributed by atoms with Crippen molar-refractivity contribution in [3.63, 3.8) is 0 Å². The molecule has 3 heteroatoms. The van der Waals surface area contributed by atoms with Crippen LogP contribution in [0.1, 0.15) is 0 Å². The van der Waals surface area contributed by atoms with E-state index in [0.717, 1.165) is 6.54 Å². The summed E-state index contributed by atoms with van der Waals surface area (Å²) >= 11 is 0. The van der Waals surface area contributed by atoms with Crippen molar-refractivity contribution in [1.82, 2.24) is 9.80 Å². The quantitative estimate of drug-likeness (QED) is 0.554. The maximum Gasteiger partial charge on any atom is 0.110 e. The smallest absolute Gasteiger partial charge is 0.110 e. The lowest BCUT2D eigenvalue weighted by Gasteiger charge is -2.20. The Morgan fingerprint density at radius 2 is 1.80 bits per heavy atom. The minimum atomic E-state index is 0.00926. The monoisotopic (exact) mass is 141 g/mol. The van der Waals surface area contributed by atoms with E-state index in [2.05, 4.69) is 6.07 Å². The van der Waals surface area contributed by atoms with E-state index in [1.54, 1.807) is 0 Å². The lowest BCUT2D eigenvalue weighted by Crippen LogP contribution is -2.36. The van der Waals surface area contributed by atoms with Crippen LogP contribution < -0.4 is 0 Å². The van der Waals surface area contributed by atoms with Gasteiger partial charge < -0.3 is 4.90 Å². The predicted molar refractivity (Wildman–Crippen MR) is 41.6 cm³/mol. The van der Waals surface area contributed by atoms with E-state index >= 15 is 0 Å². The first-order chi connectivity index (χ1) is 4.57. The van der Waals surface area contributed by atoms with Crippen LogP contribution in [0.4, 0.5) is 0 Å².